The highest BCUT2D eigenvalue weighted by Gasteiger charge is 2.24. The number of thiazole rings is 1. The lowest BCUT2D eigenvalue weighted by molar-refractivity contribution is 0.170. The zero-order valence-corrected chi connectivity index (χ0v) is 15.2. The fraction of sp³-hybridized carbons (Fsp3) is 0.316. The summed E-state index contributed by atoms with van der Waals surface area (Å²) < 4.78 is 2.09. The lowest BCUT2D eigenvalue weighted by Gasteiger charge is -2.33. The van der Waals surface area contributed by atoms with Crippen LogP contribution < -0.4 is 5.32 Å². The number of carbonyl (C=O) groups excluding carboxylic acids is 1. The number of carbonyl (C=O) groups is 1. The molecule has 1 aliphatic rings. The van der Waals surface area contributed by atoms with Crippen LogP contribution in [0.3, 0.4) is 0 Å². The van der Waals surface area contributed by atoms with E-state index in [0.29, 0.717) is 5.92 Å². The molecule has 6 nitrogen and oxygen atoms in total. The first kappa shape index (κ1) is 16.8. The maximum Gasteiger partial charge on any atom is 0.321 e. The normalized spacial score (nSPS) is 17.2. The van der Waals surface area contributed by atoms with Crippen molar-refractivity contribution in [2.45, 2.75) is 19.4 Å². The van der Waals surface area contributed by atoms with Crippen molar-refractivity contribution in [3.05, 3.63) is 53.9 Å². The Morgan fingerprint density at radius 2 is 2.19 bits per heavy atom. The van der Waals surface area contributed by atoms with Crippen molar-refractivity contribution in [1.29, 1.82) is 0 Å². The van der Waals surface area contributed by atoms with Crippen molar-refractivity contribution in [2.75, 3.05) is 18.4 Å². The van der Waals surface area contributed by atoms with E-state index in [2.05, 4.69) is 19.9 Å². The van der Waals surface area contributed by atoms with Gasteiger partial charge in [-0.05, 0) is 30.9 Å². The maximum atomic E-state index is 12.6. The Labute approximate surface area is 156 Å². The lowest BCUT2D eigenvalue weighted by Crippen LogP contribution is -2.43. The molecule has 0 saturated carbocycles. The zero-order chi connectivity index (χ0) is 17.8. The second-order valence-electron chi connectivity index (χ2n) is 6.59. The summed E-state index contributed by atoms with van der Waals surface area (Å²) in [6, 6.07) is 7.81. The fourth-order valence-electron chi connectivity index (χ4n) is 3.37. The van der Waals surface area contributed by atoms with Gasteiger partial charge in [0.1, 0.15) is 0 Å². The Morgan fingerprint density at radius 3 is 2.92 bits per heavy atom. The van der Waals surface area contributed by atoms with E-state index >= 15 is 0 Å². The molecule has 0 aliphatic carbocycles. The number of piperidine rings is 1. The highest BCUT2D eigenvalue weighted by Crippen LogP contribution is 2.22. The molecule has 0 radical (unpaired) electrons. The Kier molecular flexibility index (Phi) is 4.97. The summed E-state index contributed by atoms with van der Waals surface area (Å²) in [6.07, 6.45) is 7.79. The highest BCUT2D eigenvalue weighted by molar-refractivity contribution is 7.07. The number of nitrogens with one attached hydrogen (secondary N) is 1. The molecule has 3 aromatic rings. The number of rotatable bonds is 4. The van der Waals surface area contributed by atoms with E-state index in [0.717, 1.165) is 49.4 Å². The molecule has 3 heterocycles. The number of nitrogens with zero attached hydrogens (tertiary/aromatic N) is 4. The number of aromatic nitrogens is 3. The largest absolute Gasteiger partial charge is 0.337 e. The Morgan fingerprint density at radius 1 is 1.31 bits per heavy atom. The van der Waals surface area contributed by atoms with Gasteiger partial charge < -0.3 is 14.8 Å². The van der Waals surface area contributed by atoms with Crippen LogP contribution in [0.5, 0.6) is 0 Å². The van der Waals surface area contributed by atoms with Gasteiger partial charge in [0, 0.05) is 48.7 Å². The van der Waals surface area contributed by atoms with Crippen LogP contribution in [0.1, 0.15) is 12.8 Å². The molecule has 7 heteroatoms. The number of amides is 2. The third-order valence-electron chi connectivity index (χ3n) is 4.70. The molecule has 4 rings (SSSR count). The minimum atomic E-state index is -0.0262. The van der Waals surface area contributed by atoms with Gasteiger partial charge in [-0.15, -0.1) is 11.3 Å². The number of benzene rings is 1. The van der Waals surface area contributed by atoms with E-state index < -0.39 is 0 Å². The van der Waals surface area contributed by atoms with E-state index in [9.17, 15) is 4.79 Å². The average molecular weight is 367 g/mol. The van der Waals surface area contributed by atoms with Crippen LogP contribution in [0, 0.1) is 5.92 Å². The first-order valence-corrected chi connectivity index (χ1v) is 9.72. The highest BCUT2D eigenvalue weighted by atomic mass is 32.1. The van der Waals surface area contributed by atoms with E-state index in [1.165, 1.54) is 0 Å². The standard InChI is InChI=1S/C19H21N5OS/c25-19(22-17-5-3-16(4-6-17)18-12-26-14-21-18)24-8-1-2-15(11-24)10-23-9-7-20-13-23/h3-7,9,12-15H,1-2,8,10-11H2,(H,22,25)/t15-/m1/s1. The third kappa shape index (κ3) is 3.94. The van der Waals surface area contributed by atoms with E-state index in [1.54, 1.807) is 17.5 Å². The first-order valence-electron chi connectivity index (χ1n) is 8.78. The summed E-state index contributed by atoms with van der Waals surface area (Å²) >= 11 is 1.58. The van der Waals surface area contributed by atoms with Crippen molar-refractivity contribution in [3.8, 4) is 11.3 Å². The summed E-state index contributed by atoms with van der Waals surface area (Å²) in [7, 11) is 0. The number of anilines is 1. The van der Waals surface area contributed by atoms with Crippen LogP contribution in [0.4, 0.5) is 10.5 Å². The van der Waals surface area contributed by atoms with Crippen molar-refractivity contribution < 1.29 is 4.79 Å². The van der Waals surface area contributed by atoms with Crippen molar-refractivity contribution in [3.63, 3.8) is 0 Å². The molecule has 1 aromatic carbocycles. The predicted octanol–water partition coefficient (Wildman–Crippen LogP) is 3.95. The minimum absolute atomic E-state index is 0.0262. The fourth-order valence-corrected chi connectivity index (χ4v) is 3.93. The lowest BCUT2D eigenvalue weighted by atomic mass is 9.98. The van der Waals surface area contributed by atoms with Gasteiger partial charge in [-0.25, -0.2) is 14.8 Å². The zero-order valence-electron chi connectivity index (χ0n) is 14.4. The molecule has 0 bridgehead atoms. The van der Waals surface area contributed by atoms with Gasteiger partial charge in [-0.2, -0.15) is 0 Å². The predicted molar refractivity (Wildman–Crippen MR) is 103 cm³/mol. The van der Waals surface area contributed by atoms with Gasteiger partial charge in [-0.1, -0.05) is 12.1 Å². The molecule has 0 spiro atoms. The molecule has 1 saturated heterocycles. The van der Waals surface area contributed by atoms with Crippen LogP contribution in [-0.2, 0) is 6.54 Å². The summed E-state index contributed by atoms with van der Waals surface area (Å²) in [5.74, 6) is 0.468. The van der Waals surface area contributed by atoms with Crippen molar-refractivity contribution in [1.82, 2.24) is 19.4 Å². The minimum Gasteiger partial charge on any atom is -0.337 e. The van der Waals surface area contributed by atoms with E-state index in [-0.39, 0.29) is 6.03 Å². The summed E-state index contributed by atoms with van der Waals surface area (Å²) in [5, 5.41) is 5.03. The summed E-state index contributed by atoms with van der Waals surface area (Å²) in [4.78, 5) is 22.9. The van der Waals surface area contributed by atoms with Gasteiger partial charge in [0.2, 0.25) is 0 Å². The van der Waals surface area contributed by atoms with E-state index in [1.807, 2.05) is 52.6 Å². The average Bonchev–Trinajstić information content (AvgIpc) is 3.36. The SMILES string of the molecule is O=C(Nc1ccc(-c2cscn2)cc1)N1CCC[C@H](Cn2ccnc2)C1. The van der Waals surface area contributed by atoms with Gasteiger partial charge in [0.15, 0.2) is 0 Å². The van der Waals surface area contributed by atoms with Crippen LogP contribution in [0.15, 0.2) is 53.9 Å². The van der Waals surface area contributed by atoms with Crippen LogP contribution in [0.25, 0.3) is 11.3 Å². The molecular formula is C19H21N5OS. The molecule has 0 unspecified atom stereocenters. The monoisotopic (exact) mass is 367 g/mol. The number of imidazole rings is 1. The number of hydrogen-bond acceptors (Lipinski definition) is 4. The Hall–Kier alpha value is -2.67. The van der Waals surface area contributed by atoms with Gasteiger partial charge in [0.05, 0.1) is 17.5 Å². The molecule has 1 N–H and O–H groups in total. The molecule has 134 valence electrons. The molecule has 26 heavy (non-hydrogen) atoms. The number of hydrogen-bond donors (Lipinski definition) is 1. The Bertz CT molecular complexity index is 829. The van der Waals surface area contributed by atoms with Crippen molar-refractivity contribution in [2.24, 2.45) is 5.92 Å². The molecule has 2 aromatic heterocycles. The second-order valence-corrected chi connectivity index (χ2v) is 7.31. The molecule has 1 atom stereocenters. The van der Waals surface area contributed by atoms with E-state index in [4.69, 9.17) is 0 Å². The number of likely N-dealkylation sites (tertiary alicyclic amines) is 1. The summed E-state index contributed by atoms with van der Waals surface area (Å²) in [5.41, 5.74) is 4.65. The molecule has 2 amide bonds. The van der Waals surface area contributed by atoms with Crippen LogP contribution in [0.2, 0.25) is 0 Å². The van der Waals surface area contributed by atoms with Crippen LogP contribution in [-0.4, -0.2) is 38.6 Å². The number of urea groups is 1. The maximum absolute atomic E-state index is 12.6. The van der Waals surface area contributed by atoms with Gasteiger partial charge in [-0.3, -0.25) is 0 Å². The molecule has 1 aliphatic heterocycles. The summed E-state index contributed by atoms with van der Waals surface area (Å²) in [6.45, 7) is 2.50. The van der Waals surface area contributed by atoms with Gasteiger partial charge >= 0.3 is 6.03 Å². The van der Waals surface area contributed by atoms with Crippen molar-refractivity contribution >= 4 is 23.1 Å². The first-order chi connectivity index (χ1) is 12.8. The van der Waals surface area contributed by atoms with Crippen LogP contribution >= 0.6 is 11.3 Å². The third-order valence-corrected chi connectivity index (χ3v) is 5.29. The topological polar surface area (TPSA) is 63.1 Å². The quantitative estimate of drug-likeness (QED) is 0.759. The second kappa shape index (κ2) is 7.70. The van der Waals surface area contributed by atoms with Gasteiger partial charge in [0.25, 0.3) is 0 Å². The Balaban J connectivity index is 1.35. The smallest absolute Gasteiger partial charge is 0.321 e. The molecular weight excluding hydrogens is 346 g/mol. The molecule has 1 fully saturated rings.